The molecule has 2 saturated heterocycles. The van der Waals surface area contributed by atoms with Gasteiger partial charge in [0, 0.05) is 37.3 Å². The lowest BCUT2D eigenvalue weighted by molar-refractivity contribution is -0.129. The van der Waals surface area contributed by atoms with Gasteiger partial charge >= 0.3 is 0 Å². The van der Waals surface area contributed by atoms with Crippen LogP contribution < -0.4 is 5.32 Å². The number of rotatable bonds is 3. The van der Waals surface area contributed by atoms with Crippen molar-refractivity contribution in [2.75, 3.05) is 13.1 Å². The number of nitrogens with one attached hydrogen (secondary N) is 1. The molecule has 1 aromatic heterocycles. The number of halogens is 2. The number of carbonyl (C=O) groups is 1. The molecule has 2 aliphatic rings. The number of hydrogen-bond acceptors (Lipinski definition) is 3. The zero-order valence-electron chi connectivity index (χ0n) is 11.8. The van der Waals surface area contributed by atoms with E-state index in [0.29, 0.717) is 24.4 Å². The van der Waals surface area contributed by atoms with Gasteiger partial charge in [0.2, 0.25) is 5.91 Å². The number of nitrogens with zero attached hydrogens (tertiary/aromatic N) is 3. The van der Waals surface area contributed by atoms with Crippen molar-refractivity contribution in [1.29, 1.82) is 0 Å². The van der Waals surface area contributed by atoms with Gasteiger partial charge in [-0.15, -0.1) is 24.8 Å². The Balaban J connectivity index is 0.000001000. The van der Waals surface area contributed by atoms with Crippen LogP contribution in [0.5, 0.6) is 0 Å². The van der Waals surface area contributed by atoms with Crippen LogP contribution in [0, 0.1) is 13.8 Å². The van der Waals surface area contributed by atoms with Crippen molar-refractivity contribution in [3.8, 4) is 0 Å². The first-order valence-corrected chi connectivity index (χ1v) is 6.68. The number of imidazole rings is 1. The van der Waals surface area contributed by atoms with Crippen LogP contribution in [0.2, 0.25) is 0 Å². The van der Waals surface area contributed by atoms with Gasteiger partial charge in [0.05, 0.1) is 12.0 Å². The third-order valence-corrected chi connectivity index (χ3v) is 4.35. The smallest absolute Gasteiger partial charge is 0.224 e. The monoisotopic (exact) mass is 320 g/mol. The molecule has 0 unspecified atom stereocenters. The molecule has 1 aromatic rings. The first kappa shape index (κ1) is 17.3. The highest BCUT2D eigenvalue weighted by Crippen LogP contribution is 2.25. The van der Waals surface area contributed by atoms with Crippen LogP contribution in [0.25, 0.3) is 0 Å². The second kappa shape index (κ2) is 6.78. The number of amides is 1. The zero-order chi connectivity index (χ0) is 12.7. The standard InChI is InChI=1S/C13H20N4O.2ClH/c1-9-10(2)16(8-15-9)5-6-17-12-3-4-14-11(12)7-13(17)18;;/h8,11-12,14H,3-7H2,1-2H3;2*1H/t11-,12-;;/m1../s1. The van der Waals surface area contributed by atoms with Crippen LogP contribution in [0.3, 0.4) is 0 Å². The summed E-state index contributed by atoms with van der Waals surface area (Å²) >= 11 is 0. The Morgan fingerprint density at radius 2 is 2.10 bits per heavy atom. The van der Waals surface area contributed by atoms with Gasteiger partial charge < -0.3 is 14.8 Å². The average Bonchev–Trinajstić information content (AvgIpc) is 2.97. The van der Waals surface area contributed by atoms with Gasteiger partial charge in [-0.05, 0) is 26.8 Å². The van der Waals surface area contributed by atoms with Gasteiger partial charge in [-0.3, -0.25) is 4.79 Å². The highest BCUT2D eigenvalue weighted by molar-refractivity contribution is 5.85. The summed E-state index contributed by atoms with van der Waals surface area (Å²) in [5.74, 6) is 0.298. The van der Waals surface area contributed by atoms with E-state index in [2.05, 4.69) is 26.7 Å². The number of hydrogen-bond donors (Lipinski definition) is 1. The minimum absolute atomic E-state index is 0. The molecular formula is C13H22Cl2N4O. The summed E-state index contributed by atoms with van der Waals surface area (Å²) in [7, 11) is 0. The Morgan fingerprint density at radius 3 is 2.75 bits per heavy atom. The van der Waals surface area contributed by atoms with Crippen molar-refractivity contribution >= 4 is 30.7 Å². The fraction of sp³-hybridized carbons (Fsp3) is 0.692. The Hall–Kier alpha value is -0.780. The maximum absolute atomic E-state index is 12.0. The molecule has 3 heterocycles. The van der Waals surface area contributed by atoms with E-state index in [0.717, 1.165) is 31.7 Å². The second-order valence-electron chi connectivity index (χ2n) is 5.32. The van der Waals surface area contributed by atoms with Gasteiger partial charge in [-0.2, -0.15) is 0 Å². The van der Waals surface area contributed by atoms with E-state index in [9.17, 15) is 4.79 Å². The maximum Gasteiger partial charge on any atom is 0.224 e. The van der Waals surface area contributed by atoms with Crippen molar-refractivity contribution in [2.45, 2.75) is 45.3 Å². The molecular weight excluding hydrogens is 299 g/mol. The molecule has 3 rings (SSSR count). The fourth-order valence-electron chi connectivity index (χ4n) is 3.10. The van der Waals surface area contributed by atoms with Crippen LogP contribution in [0.15, 0.2) is 6.33 Å². The molecule has 0 bridgehead atoms. The molecule has 1 amide bonds. The van der Waals surface area contributed by atoms with Crippen molar-refractivity contribution in [3.05, 3.63) is 17.7 Å². The highest BCUT2D eigenvalue weighted by Gasteiger charge is 2.41. The summed E-state index contributed by atoms with van der Waals surface area (Å²) in [6.45, 7) is 6.79. The number of aryl methyl sites for hydroxylation is 1. The Morgan fingerprint density at radius 1 is 1.35 bits per heavy atom. The van der Waals surface area contributed by atoms with Crippen LogP contribution in [0.4, 0.5) is 0 Å². The molecule has 2 atom stereocenters. The van der Waals surface area contributed by atoms with E-state index < -0.39 is 0 Å². The normalized spacial score (nSPS) is 24.3. The summed E-state index contributed by atoms with van der Waals surface area (Å²) in [5, 5.41) is 3.41. The van der Waals surface area contributed by atoms with Gasteiger partial charge in [-0.25, -0.2) is 4.98 Å². The van der Waals surface area contributed by atoms with Gasteiger partial charge in [0.25, 0.3) is 0 Å². The lowest BCUT2D eigenvalue weighted by Gasteiger charge is -2.23. The van der Waals surface area contributed by atoms with Crippen LogP contribution in [0.1, 0.15) is 24.2 Å². The van der Waals surface area contributed by atoms with Gasteiger partial charge in [0.1, 0.15) is 0 Å². The molecule has 1 N–H and O–H groups in total. The van der Waals surface area contributed by atoms with E-state index in [1.54, 1.807) is 0 Å². The first-order valence-electron chi connectivity index (χ1n) is 6.68. The van der Waals surface area contributed by atoms with Crippen LogP contribution in [-0.4, -0.2) is 45.5 Å². The lowest BCUT2D eigenvalue weighted by Crippen LogP contribution is -2.37. The molecule has 114 valence electrons. The quantitative estimate of drug-likeness (QED) is 0.913. The molecule has 2 aliphatic heterocycles. The average molecular weight is 321 g/mol. The predicted octanol–water partition coefficient (Wildman–Crippen LogP) is 1.31. The second-order valence-corrected chi connectivity index (χ2v) is 5.32. The fourth-order valence-corrected chi connectivity index (χ4v) is 3.10. The largest absolute Gasteiger partial charge is 0.336 e. The topological polar surface area (TPSA) is 50.2 Å². The van der Waals surface area contributed by atoms with Crippen molar-refractivity contribution in [1.82, 2.24) is 19.8 Å². The SMILES string of the molecule is Cc1ncn(CCN2C(=O)C[C@H]3NCC[C@H]32)c1C.Cl.Cl. The number of carbonyl (C=O) groups excluding carboxylic acids is 1. The minimum atomic E-state index is 0. The molecule has 0 aliphatic carbocycles. The van der Waals surface area contributed by atoms with E-state index in [-0.39, 0.29) is 24.8 Å². The van der Waals surface area contributed by atoms with Gasteiger partial charge in [0.15, 0.2) is 0 Å². The maximum atomic E-state index is 12.0. The number of fused-ring (bicyclic) bond motifs is 1. The Bertz CT molecular complexity index is 477. The molecule has 0 aromatic carbocycles. The van der Waals surface area contributed by atoms with Gasteiger partial charge in [-0.1, -0.05) is 0 Å². The van der Waals surface area contributed by atoms with E-state index in [1.165, 1.54) is 5.69 Å². The molecule has 0 saturated carbocycles. The highest BCUT2D eigenvalue weighted by atomic mass is 35.5. The van der Waals surface area contributed by atoms with Crippen LogP contribution >= 0.6 is 24.8 Å². The Labute approximate surface area is 131 Å². The Kier molecular flexibility index (Phi) is 5.86. The predicted molar refractivity (Wildman–Crippen MR) is 82.7 cm³/mol. The summed E-state index contributed by atoms with van der Waals surface area (Å²) in [6.07, 6.45) is 3.64. The zero-order valence-corrected chi connectivity index (χ0v) is 13.5. The third-order valence-electron chi connectivity index (χ3n) is 4.35. The third kappa shape index (κ3) is 2.95. The summed E-state index contributed by atoms with van der Waals surface area (Å²) < 4.78 is 2.14. The molecule has 2 fully saturated rings. The molecule has 7 heteroatoms. The van der Waals surface area contributed by atoms with E-state index in [4.69, 9.17) is 0 Å². The van der Waals surface area contributed by atoms with Crippen LogP contribution in [-0.2, 0) is 11.3 Å². The van der Waals surface area contributed by atoms with Crippen molar-refractivity contribution in [2.24, 2.45) is 0 Å². The summed E-state index contributed by atoms with van der Waals surface area (Å²) in [6, 6.07) is 0.811. The number of likely N-dealkylation sites (tertiary alicyclic amines) is 1. The number of aromatic nitrogens is 2. The summed E-state index contributed by atoms with van der Waals surface area (Å²) in [5.41, 5.74) is 2.27. The van der Waals surface area contributed by atoms with E-state index in [1.807, 2.05) is 13.3 Å². The summed E-state index contributed by atoms with van der Waals surface area (Å²) in [4.78, 5) is 18.3. The lowest BCUT2D eigenvalue weighted by atomic mass is 10.1. The molecule has 5 nitrogen and oxygen atoms in total. The first-order chi connectivity index (χ1) is 8.66. The minimum Gasteiger partial charge on any atom is -0.336 e. The molecule has 0 radical (unpaired) electrons. The van der Waals surface area contributed by atoms with E-state index >= 15 is 0 Å². The van der Waals surface area contributed by atoms with Crippen molar-refractivity contribution < 1.29 is 4.79 Å². The molecule has 0 spiro atoms. The molecule has 20 heavy (non-hydrogen) atoms. The van der Waals surface area contributed by atoms with Crippen molar-refractivity contribution in [3.63, 3.8) is 0 Å².